The molecule has 122 valence electrons. The van der Waals surface area contributed by atoms with Gasteiger partial charge in [0.05, 0.1) is 0 Å². The lowest BCUT2D eigenvalue weighted by molar-refractivity contribution is -0.138. The molecule has 1 saturated carbocycles. The maximum atomic E-state index is 13.1. The summed E-state index contributed by atoms with van der Waals surface area (Å²) in [6.45, 7) is 3.43. The van der Waals surface area contributed by atoms with E-state index in [0.29, 0.717) is 6.04 Å². The third kappa shape index (κ3) is 3.36. The zero-order valence-electron chi connectivity index (χ0n) is 13.6. The van der Waals surface area contributed by atoms with Gasteiger partial charge in [0.2, 0.25) is 5.91 Å². The SMILES string of the molecule is CN(C1CCCCC1)C(C(=O)N1CCNCC1)c1ccc[nH]1. The summed E-state index contributed by atoms with van der Waals surface area (Å²) in [6.07, 6.45) is 8.25. The Labute approximate surface area is 133 Å². The van der Waals surface area contributed by atoms with Crippen LogP contribution in [-0.4, -0.2) is 60.0 Å². The van der Waals surface area contributed by atoms with E-state index >= 15 is 0 Å². The molecule has 2 heterocycles. The van der Waals surface area contributed by atoms with E-state index in [1.807, 2.05) is 23.2 Å². The molecule has 0 spiro atoms. The van der Waals surface area contributed by atoms with Crippen LogP contribution in [0.5, 0.6) is 0 Å². The number of amides is 1. The Hall–Kier alpha value is -1.33. The fourth-order valence-electron chi connectivity index (χ4n) is 3.80. The Balaban J connectivity index is 1.78. The van der Waals surface area contributed by atoms with E-state index in [0.717, 1.165) is 31.9 Å². The van der Waals surface area contributed by atoms with Crippen molar-refractivity contribution >= 4 is 5.91 Å². The normalized spacial score (nSPS) is 22.0. The van der Waals surface area contributed by atoms with Gasteiger partial charge in [-0.3, -0.25) is 9.69 Å². The molecule has 0 aromatic carbocycles. The van der Waals surface area contributed by atoms with E-state index in [-0.39, 0.29) is 11.9 Å². The molecule has 0 bridgehead atoms. The second-order valence-electron chi connectivity index (χ2n) is 6.56. The van der Waals surface area contributed by atoms with Crippen molar-refractivity contribution in [1.29, 1.82) is 0 Å². The van der Waals surface area contributed by atoms with Crippen molar-refractivity contribution < 1.29 is 4.79 Å². The lowest BCUT2D eigenvalue weighted by Gasteiger charge is -2.39. The number of nitrogens with one attached hydrogen (secondary N) is 2. The predicted octanol–water partition coefficient (Wildman–Crippen LogP) is 1.75. The van der Waals surface area contributed by atoms with Crippen LogP contribution in [0.4, 0.5) is 0 Å². The minimum atomic E-state index is -0.170. The van der Waals surface area contributed by atoms with E-state index in [1.54, 1.807) is 0 Å². The van der Waals surface area contributed by atoms with Gasteiger partial charge in [-0.1, -0.05) is 19.3 Å². The zero-order valence-corrected chi connectivity index (χ0v) is 13.6. The van der Waals surface area contributed by atoms with Crippen LogP contribution >= 0.6 is 0 Å². The highest BCUT2D eigenvalue weighted by Crippen LogP contribution is 2.29. The molecular formula is C17H28N4O. The largest absolute Gasteiger partial charge is 0.363 e. The first kappa shape index (κ1) is 15.6. The lowest BCUT2D eigenvalue weighted by atomic mass is 9.93. The summed E-state index contributed by atoms with van der Waals surface area (Å²) in [7, 11) is 2.13. The van der Waals surface area contributed by atoms with Gasteiger partial charge in [0.25, 0.3) is 0 Å². The van der Waals surface area contributed by atoms with Crippen LogP contribution < -0.4 is 5.32 Å². The van der Waals surface area contributed by atoms with Gasteiger partial charge in [-0.25, -0.2) is 0 Å². The predicted molar refractivity (Wildman–Crippen MR) is 87.6 cm³/mol. The molecule has 22 heavy (non-hydrogen) atoms. The highest BCUT2D eigenvalue weighted by Gasteiger charge is 2.34. The molecule has 1 aromatic rings. The van der Waals surface area contributed by atoms with Crippen molar-refractivity contribution in [3.05, 3.63) is 24.0 Å². The molecule has 5 nitrogen and oxygen atoms in total. The smallest absolute Gasteiger partial charge is 0.246 e. The molecule has 1 aliphatic heterocycles. The van der Waals surface area contributed by atoms with Crippen LogP contribution in [0.25, 0.3) is 0 Å². The van der Waals surface area contributed by atoms with Crippen molar-refractivity contribution in [3.63, 3.8) is 0 Å². The molecule has 1 atom stereocenters. The van der Waals surface area contributed by atoms with Crippen LogP contribution in [0.3, 0.4) is 0 Å². The first-order valence-corrected chi connectivity index (χ1v) is 8.62. The number of rotatable bonds is 4. The summed E-state index contributed by atoms with van der Waals surface area (Å²) in [5, 5.41) is 3.32. The Morgan fingerprint density at radius 2 is 2.00 bits per heavy atom. The van der Waals surface area contributed by atoms with Gasteiger partial charge >= 0.3 is 0 Å². The van der Waals surface area contributed by atoms with E-state index < -0.39 is 0 Å². The van der Waals surface area contributed by atoms with Gasteiger partial charge in [0, 0.05) is 44.1 Å². The number of piperazine rings is 1. The van der Waals surface area contributed by atoms with E-state index in [9.17, 15) is 4.79 Å². The number of H-pyrrole nitrogens is 1. The molecule has 5 heteroatoms. The third-order valence-electron chi connectivity index (χ3n) is 5.14. The molecule has 1 aromatic heterocycles. The number of hydrogen-bond donors (Lipinski definition) is 2. The fourth-order valence-corrected chi connectivity index (χ4v) is 3.80. The first-order chi connectivity index (χ1) is 10.8. The van der Waals surface area contributed by atoms with Crippen LogP contribution in [0, 0.1) is 0 Å². The zero-order chi connectivity index (χ0) is 15.4. The van der Waals surface area contributed by atoms with Gasteiger partial charge in [0.15, 0.2) is 0 Å². The minimum Gasteiger partial charge on any atom is -0.363 e. The van der Waals surface area contributed by atoms with Crippen molar-refractivity contribution in [2.45, 2.75) is 44.2 Å². The Kier molecular flexibility index (Phi) is 5.16. The summed E-state index contributed by atoms with van der Waals surface area (Å²) >= 11 is 0. The van der Waals surface area contributed by atoms with Crippen molar-refractivity contribution in [2.75, 3.05) is 33.2 Å². The monoisotopic (exact) mass is 304 g/mol. The molecule has 3 rings (SSSR count). The van der Waals surface area contributed by atoms with E-state index in [4.69, 9.17) is 0 Å². The maximum absolute atomic E-state index is 13.1. The number of likely N-dealkylation sites (N-methyl/N-ethyl adjacent to an activating group) is 1. The number of carbonyl (C=O) groups is 1. The van der Waals surface area contributed by atoms with Crippen LogP contribution in [-0.2, 0) is 4.79 Å². The fraction of sp³-hybridized carbons (Fsp3) is 0.706. The van der Waals surface area contributed by atoms with E-state index in [1.165, 1.54) is 32.1 Å². The Bertz CT molecular complexity index is 461. The van der Waals surface area contributed by atoms with Gasteiger partial charge < -0.3 is 15.2 Å². The lowest BCUT2D eigenvalue weighted by Crippen LogP contribution is -2.51. The second-order valence-corrected chi connectivity index (χ2v) is 6.56. The molecule has 1 amide bonds. The first-order valence-electron chi connectivity index (χ1n) is 8.62. The van der Waals surface area contributed by atoms with Crippen LogP contribution in [0.15, 0.2) is 18.3 Å². The van der Waals surface area contributed by atoms with Gasteiger partial charge in [-0.15, -0.1) is 0 Å². The number of nitrogens with zero attached hydrogens (tertiary/aromatic N) is 2. The maximum Gasteiger partial charge on any atom is 0.246 e. The quantitative estimate of drug-likeness (QED) is 0.891. The number of carbonyl (C=O) groups excluding carboxylic acids is 1. The summed E-state index contributed by atoms with van der Waals surface area (Å²) < 4.78 is 0. The molecule has 0 radical (unpaired) electrons. The minimum absolute atomic E-state index is 0.170. The number of hydrogen-bond acceptors (Lipinski definition) is 3. The summed E-state index contributed by atoms with van der Waals surface area (Å²) in [5.41, 5.74) is 1.02. The Morgan fingerprint density at radius 1 is 1.27 bits per heavy atom. The molecule has 2 N–H and O–H groups in total. The second kappa shape index (κ2) is 7.29. The van der Waals surface area contributed by atoms with Crippen LogP contribution in [0.2, 0.25) is 0 Å². The van der Waals surface area contributed by atoms with E-state index in [2.05, 4.69) is 22.2 Å². The highest BCUT2D eigenvalue weighted by molar-refractivity contribution is 5.83. The van der Waals surface area contributed by atoms with Gasteiger partial charge in [0.1, 0.15) is 6.04 Å². The number of aromatic nitrogens is 1. The molecule has 1 aliphatic carbocycles. The third-order valence-corrected chi connectivity index (χ3v) is 5.14. The van der Waals surface area contributed by atoms with Crippen molar-refractivity contribution in [1.82, 2.24) is 20.1 Å². The van der Waals surface area contributed by atoms with Crippen molar-refractivity contribution in [3.8, 4) is 0 Å². The van der Waals surface area contributed by atoms with Gasteiger partial charge in [-0.05, 0) is 32.0 Å². The van der Waals surface area contributed by atoms with Crippen molar-refractivity contribution in [2.24, 2.45) is 0 Å². The molecule has 1 unspecified atom stereocenters. The average Bonchev–Trinajstić information content (AvgIpc) is 3.10. The molecule has 1 saturated heterocycles. The summed E-state index contributed by atoms with van der Waals surface area (Å²) in [6, 6.07) is 4.39. The number of aromatic amines is 1. The molecule has 2 fully saturated rings. The average molecular weight is 304 g/mol. The Morgan fingerprint density at radius 3 is 2.64 bits per heavy atom. The summed E-state index contributed by atoms with van der Waals surface area (Å²) in [5.74, 6) is 0.247. The highest BCUT2D eigenvalue weighted by atomic mass is 16.2. The standard InChI is InChI=1S/C17H28N4O/c1-20(14-6-3-2-4-7-14)16(15-8-5-9-19-15)17(22)21-12-10-18-11-13-21/h5,8-9,14,16,18-19H,2-4,6-7,10-13H2,1H3. The van der Waals surface area contributed by atoms with Crippen LogP contribution in [0.1, 0.15) is 43.8 Å². The summed E-state index contributed by atoms with van der Waals surface area (Å²) in [4.78, 5) is 20.7. The molecular weight excluding hydrogens is 276 g/mol. The van der Waals surface area contributed by atoms with Gasteiger partial charge in [-0.2, -0.15) is 0 Å². The topological polar surface area (TPSA) is 51.4 Å². The molecule has 2 aliphatic rings.